The first-order valence-corrected chi connectivity index (χ1v) is 15.7. The van der Waals surface area contributed by atoms with E-state index in [-0.39, 0.29) is 36.2 Å². The molecule has 11 heteroatoms. The topological polar surface area (TPSA) is 96.0 Å². The summed E-state index contributed by atoms with van der Waals surface area (Å²) < 4.78 is 32.3. The maximum absolute atomic E-state index is 14.1. The number of anilines is 1. The number of amides is 2. The quantitative estimate of drug-likeness (QED) is 0.284. The van der Waals surface area contributed by atoms with Crippen molar-refractivity contribution in [1.82, 2.24) is 10.2 Å². The van der Waals surface area contributed by atoms with Gasteiger partial charge in [0.05, 0.1) is 29.1 Å². The highest BCUT2D eigenvalue weighted by Crippen LogP contribution is 2.30. The first-order valence-electron chi connectivity index (χ1n) is 13.1. The van der Waals surface area contributed by atoms with Gasteiger partial charge in [-0.2, -0.15) is 0 Å². The summed E-state index contributed by atoms with van der Waals surface area (Å²) in [6, 6.07) is 19.9. The largest absolute Gasteiger partial charge is 0.495 e. The predicted molar refractivity (Wildman–Crippen MR) is 164 cm³/mol. The normalized spacial score (nSPS) is 12.1. The first-order chi connectivity index (χ1) is 19.4. The fraction of sp³-hybridized carbons (Fsp3) is 0.333. The molecule has 1 unspecified atom stereocenters. The number of nitrogens with zero attached hydrogens (tertiary/aromatic N) is 2. The SMILES string of the molecule is COc1ccccc1N(CC(=O)N(Cc1ccc(Cl)c(Cl)c1)C(Cc1ccccc1)C(=O)NCC(C)C)S(C)(=O)=O. The number of hydrogen-bond acceptors (Lipinski definition) is 5. The lowest BCUT2D eigenvalue weighted by molar-refractivity contribution is -0.140. The second-order valence-electron chi connectivity index (χ2n) is 10.1. The Balaban J connectivity index is 2.09. The average molecular weight is 621 g/mol. The molecule has 41 heavy (non-hydrogen) atoms. The van der Waals surface area contributed by atoms with Gasteiger partial charge in [-0.1, -0.05) is 85.6 Å². The zero-order chi connectivity index (χ0) is 30.2. The van der Waals surface area contributed by atoms with Gasteiger partial charge in [0.15, 0.2) is 0 Å². The molecule has 0 aliphatic rings. The van der Waals surface area contributed by atoms with Gasteiger partial charge in [0.2, 0.25) is 21.8 Å². The smallest absolute Gasteiger partial charge is 0.244 e. The molecule has 0 fully saturated rings. The van der Waals surface area contributed by atoms with E-state index in [9.17, 15) is 18.0 Å². The van der Waals surface area contributed by atoms with Crippen LogP contribution in [0.3, 0.4) is 0 Å². The van der Waals surface area contributed by atoms with Crippen molar-refractivity contribution < 1.29 is 22.7 Å². The summed E-state index contributed by atoms with van der Waals surface area (Å²) in [7, 11) is -2.50. The van der Waals surface area contributed by atoms with Crippen molar-refractivity contribution in [2.24, 2.45) is 5.92 Å². The third-order valence-corrected chi connectivity index (χ3v) is 8.19. The van der Waals surface area contributed by atoms with Crippen LogP contribution in [0.25, 0.3) is 0 Å². The minimum absolute atomic E-state index is 0.00809. The lowest BCUT2D eigenvalue weighted by Gasteiger charge is -2.34. The van der Waals surface area contributed by atoms with Gasteiger partial charge >= 0.3 is 0 Å². The van der Waals surface area contributed by atoms with E-state index in [2.05, 4.69) is 5.32 Å². The van der Waals surface area contributed by atoms with Gasteiger partial charge in [0, 0.05) is 19.5 Å². The summed E-state index contributed by atoms with van der Waals surface area (Å²) >= 11 is 12.4. The molecule has 0 heterocycles. The van der Waals surface area contributed by atoms with Gasteiger partial charge in [-0.25, -0.2) is 8.42 Å². The Hall–Kier alpha value is -3.27. The summed E-state index contributed by atoms with van der Waals surface area (Å²) in [5.41, 5.74) is 1.68. The third-order valence-electron chi connectivity index (χ3n) is 6.33. The van der Waals surface area contributed by atoms with Crippen molar-refractivity contribution in [2.75, 3.05) is 30.8 Å². The highest BCUT2D eigenvalue weighted by atomic mass is 35.5. The monoisotopic (exact) mass is 619 g/mol. The Morgan fingerprint density at radius 3 is 2.20 bits per heavy atom. The van der Waals surface area contributed by atoms with E-state index in [0.717, 1.165) is 16.1 Å². The molecule has 1 atom stereocenters. The van der Waals surface area contributed by atoms with Crippen LogP contribution in [-0.2, 0) is 32.6 Å². The Bertz CT molecular complexity index is 1450. The molecule has 0 bridgehead atoms. The molecule has 8 nitrogen and oxygen atoms in total. The summed E-state index contributed by atoms with van der Waals surface area (Å²) in [4.78, 5) is 29.2. The molecule has 3 aromatic rings. The number of hydrogen-bond donors (Lipinski definition) is 1. The molecule has 0 saturated heterocycles. The van der Waals surface area contributed by atoms with E-state index < -0.39 is 28.5 Å². The van der Waals surface area contributed by atoms with Crippen LogP contribution in [0.4, 0.5) is 5.69 Å². The third kappa shape index (κ3) is 9.11. The number of benzene rings is 3. The molecular weight excluding hydrogens is 585 g/mol. The fourth-order valence-corrected chi connectivity index (χ4v) is 5.42. The van der Waals surface area contributed by atoms with E-state index in [0.29, 0.717) is 22.2 Å². The van der Waals surface area contributed by atoms with Crippen LogP contribution in [-0.4, -0.2) is 57.6 Å². The van der Waals surface area contributed by atoms with Crippen LogP contribution in [0.1, 0.15) is 25.0 Å². The van der Waals surface area contributed by atoms with Crippen LogP contribution in [0, 0.1) is 5.92 Å². The average Bonchev–Trinajstić information content (AvgIpc) is 2.94. The number of methoxy groups -OCH3 is 1. The molecule has 0 spiro atoms. The Labute approximate surface area is 252 Å². The van der Waals surface area contributed by atoms with Gasteiger partial charge in [-0.05, 0) is 41.3 Å². The predicted octanol–water partition coefficient (Wildman–Crippen LogP) is 5.18. The number of carbonyl (C=O) groups is 2. The van der Waals surface area contributed by atoms with Crippen molar-refractivity contribution in [2.45, 2.75) is 32.9 Å². The first kappa shape index (κ1) is 32.2. The Morgan fingerprint density at radius 1 is 0.927 bits per heavy atom. The van der Waals surface area contributed by atoms with E-state index >= 15 is 0 Å². The van der Waals surface area contributed by atoms with Crippen molar-refractivity contribution in [3.63, 3.8) is 0 Å². The van der Waals surface area contributed by atoms with Crippen LogP contribution < -0.4 is 14.4 Å². The molecule has 0 radical (unpaired) electrons. The molecule has 3 rings (SSSR count). The number of para-hydroxylation sites is 2. The van der Waals surface area contributed by atoms with Crippen LogP contribution >= 0.6 is 23.2 Å². The fourth-order valence-electron chi connectivity index (χ4n) is 4.24. The summed E-state index contributed by atoms with van der Waals surface area (Å²) in [6.07, 6.45) is 1.23. The van der Waals surface area contributed by atoms with E-state index in [1.54, 1.807) is 42.5 Å². The van der Waals surface area contributed by atoms with E-state index in [1.165, 1.54) is 12.0 Å². The number of nitrogens with one attached hydrogen (secondary N) is 1. The number of sulfonamides is 1. The molecule has 0 aliphatic carbocycles. The van der Waals surface area contributed by atoms with Gasteiger partial charge in [-0.15, -0.1) is 0 Å². The number of ether oxygens (including phenoxy) is 1. The number of halogens is 2. The van der Waals surface area contributed by atoms with Gasteiger partial charge in [0.1, 0.15) is 18.3 Å². The molecule has 0 aliphatic heterocycles. The molecule has 2 amide bonds. The zero-order valence-electron chi connectivity index (χ0n) is 23.5. The minimum Gasteiger partial charge on any atom is -0.495 e. The standard InChI is InChI=1S/C30H35Cl2N3O5S/c1-21(2)18-33-30(37)27(17-22-10-6-5-7-11-22)34(19-23-14-15-24(31)25(32)16-23)29(36)20-35(41(4,38)39)26-12-8-9-13-28(26)40-3/h5-16,21,27H,17-20H2,1-4H3,(H,33,37). The van der Waals surface area contributed by atoms with Crippen molar-refractivity contribution in [3.8, 4) is 5.75 Å². The molecular formula is C30H35Cl2N3O5S. The number of carbonyl (C=O) groups excluding carboxylic acids is 2. The minimum atomic E-state index is -3.92. The maximum Gasteiger partial charge on any atom is 0.244 e. The zero-order valence-corrected chi connectivity index (χ0v) is 25.8. The lowest BCUT2D eigenvalue weighted by Crippen LogP contribution is -2.53. The summed E-state index contributed by atoms with van der Waals surface area (Å²) in [5, 5.41) is 3.59. The highest BCUT2D eigenvalue weighted by Gasteiger charge is 2.33. The molecule has 0 aromatic heterocycles. The van der Waals surface area contributed by atoms with E-state index in [4.69, 9.17) is 27.9 Å². The van der Waals surface area contributed by atoms with Crippen LogP contribution in [0.2, 0.25) is 10.0 Å². The molecule has 220 valence electrons. The van der Waals surface area contributed by atoms with Gasteiger partial charge < -0.3 is 15.0 Å². The molecule has 0 saturated carbocycles. The Morgan fingerprint density at radius 2 is 1.59 bits per heavy atom. The van der Waals surface area contributed by atoms with Crippen molar-refractivity contribution >= 4 is 50.7 Å². The number of rotatable bonds is 13. The van der Waals surface area contributed by atoms with E-state index in [1.807, 2.05) is 44.2 Å². The van der Waals surface area contributed by atoms with Gasteiger partial charge in [-0.3, -0.25) is 13.9 Å². The maximum atomic E-state index is 14.1. The summed E-state index contributed by atoms with van der Waals surface area (Å²) in [6.45, 7) is 3.80. The molecule has 3 aromatic carbocycles. The summed E-state index contributed by atoms with van der Waals surface area (Å²) in [5.74, 6) is -0.453. The lowest BCUT2D eigenvalue weighted by atomic mass is 10.0. The molecule has 1 N–H and O–H groups in total. The highest BCUT2D eigenvalue weighted by molar-refractivity contribution is 7.92. The second-order valence-corrected chi connectivity index (χ2v) is 12.8. The second kappa shape index (κ2) is 14.6. The van der Waals surface area contributed by atoms with Crippen LogP contribution in [0.5, 0.6) is 5.75 Å². The van der Waals surface area contributed by atoms with Crippen molar-refractivity contribution in [3.05, 3.63) is 94.0 Å². The Kier molecular flexibility index (Phi) is 11.5. The van der Waals surface area contributed by atoms with Crippen LogP contribution in [0.15, 0.2) is 72.8 Å². The van der Waals surface area contributed by atoms with Crippen molar-refractivity contribution in [1.29, 1.82) is 0 Å². The van der Waals surface area contributed by atoms with Gasteiger partial charge in [0.25, 0.3) is 0 Å².